The number of nitrogens with one attached hydrogen (secondary N) is 1. The smallest absolute Gasteiger partial charge is 0.322 e. The first-order chi connectivity index (χ1) is 13.6. The quantitative estimate of drug-likeness (QED) is 0.692. The Hall–Kier alpha value is -2.34. The normalized spacial score (nSPS) is 17.1. The van der Waals surface area contributed by atoms with E-state index < -0.39 is 0 Å². The van der Waals surface area contributed by atoms with Crippen LogP contribution in [0.1, 0.15) is 54.0 Å². The number of aryl methyl sites for hydroxylation is 1. The van der Waals surface area contributed by atoms with Crippen molar-refractivity contribution in [3.05, 3.63) is 51.7 Å². The van der Waals surface area contributed by atoms with Crippen molar-refractivity contribution in [1.82, 2.24) is 4.90 Å². The number of carbonyl (C=O) groups is 2. The second kappa shape index (κ2) is 9.73. The highest BCUT2D eigenvalue weighted by Crippen LogP contribution is 2.34. The van der Waals surface area contributed by atoms with Crippen molar-refractivity contribution in [3.63, 3.8) is 0 Å². The molecule has 3 rings (SSSR count). The fraction of sp³-hybridized carbons (Fsp3) is 0.455. The van der Waals surface area contributed by atoms with E-state index in [0.717, 1.165) is 43.5 Å². The van der Waals surface area contributed by atoms with E-state index in [-0.39, 0.29) is 24.5 Å². The van der Waals surface area contributed by atoms with Crippen LogP contribution in [0.5, 0.6) is 0 Å². The van der Waals surface area contributed by atoms with E-state index in [0.29, 0.717) is 6.61 Å². The number of urea groups is 1. The molecule has 0 radical (unpaired) electrons. The average Bonchev–Trinajstić information content (AvgIpc) is 2.95. The van der Waals surface area contributed by atoms with Gasteiger partial charge in [0, 0.05) is 22.0 Å². The van der Waals surface area contributed by atoms with Crippen LogP contribution in [0.2, 0.25) is 0 Å². The zero-order chi connectivity index (χ0) is 19.9. The van der Waals surface area contributed by atoms with E-state index in [1.54, 1.807) is 18.3 Å². The van der Waals surface area contributed by atoms with Crippen molar-refractivity contribution in [2.75, 3.05) is 18.5 Å². The number of likely N-dealkylation sites (tertiary alicyclic amines) is 1. The molecule has 1 fully saturated rings. The van der Waals surface area contributed by atoms with Crippen LogP contribution in [0.4, 0.5) is 10.5 Å². The first-order valence-corrected chi connectivity index (χ1v) is 10.8. The summed E-state index contributed by atoms with van der Waals surface area (Å²) in [7, 11) is 0. The number of thiophene rings is 1. The Morgan fingerprint density at radius 3 is 2.61 bits per heavy atom. The van der Waals surface area contributed by atoms with Gasteiger partial charge in [0.2, 0.25) is 0 Å². The van der Waals surface area contributed by atoms with E-state index in [4.69, 9.17) is 4.74 Å². The number of anilines is 1. The van der Waals surface area contributed by atoms with Gasteiger partial charge in [-0.05, 0) is 56.5 Å². The van der Waals surface area contributed by atoms with Crippen LogP contribution in [0.3, 0.4) is 0 Å². The Labute approximate surface area is 170 Å². The Morgan fingerprint density at radius 2 is 1.93 bits per heavy atom. The van der Waals surface area contributed by atoms with Gasteiger partial charge in [0.05, 0.1) is 19.1 Å². The van der Waals surface area contributed by atoms with Crippen LogP contribution in [0, 0.1) is 6.92 Å². The average molecular weight is 401 g/mol. The molecule has 0 saturated carbocycles. The van der Waals surface area contributed by atoms with Crippen molar-refractivity contribution >= 4 is 29.0 Å². The van der Waals surface area contributed by atoms with Gasteiger partial charge >= 0.3 is 12.0 Å². The summed E-state index contributed by atoms with van der Waals surface area (Å²) in [4.78, 5) is 29.1. The molecule has 1 saturated heterocycles. The number of benzene rings is 1. The van der Waals surface area contributed by atoms with Gasteiger partial charge in [0.25, 0.3) is 0 Å². The number of carbonyl (C=O) groups excluding carboxylic acids is 2. The molecule has 1 aliphatic heterocycles. The molecule has 6 heteroatoms. The molecule has 28 heavy (non-hydrogen) atoms. The standard InChI is InChI=1S/C22H28N2O3S/c1-3-27-21(25)15-17-9-11-18(12-10-17)23-22(26)24-14-6-4-5-7-19(24)20-13-8-16(2)28-20/h8-13,19H,3-7,14-15H2,1-2H3,(H,23,26). The van der Waals surface area contributed by atoms with E-state index >= 15 is 0 Å². The summed E-state index contributed by atoms with van der Waals surface area (Å²) in [5.41, 5.74) is 1.61. The number of ether oxygens (including phenoxy) is 1. The minimum Gasteiger partial charge on any atom is -0.466 e. The van der Waals surface area contributed by atoms with Gasteiger partial charge < -0.3 is 15.0 Å². The molecule has 1 aliphatic rings. The third-order valence-corrected chi connectivity index (χ3v) is 6.06. The van der Waals surface area contributed by atoms with Crippen LogP contribution in [-0.4, -0.2) is 30.1 Å². The van der Waals surface area contributed by atoms with Gasteiger partial charge in [-0.15, -0.1) is 11.3 Å². The highest BCUT2D eigenvalue weighted by molar-refractivity contribution is 7.12. The van der Waals surface area contributed by atoms with Crippen LogP contribution in [0.25, 0.3) is 0 Å². The van der Waals surface area contributed by atoms with Crippen molar-refractivity contribution < 1.29 is 14.3 Å². The van der Waals surface area contributed by atoms with E-state index in [1.807, 2.05) is 29.2 Å². The molecule has 5 nitrogen and oxygen atoms in total. The summed E-state index contributed by atoms with van der Waals surface area (Å²) in [6, 6.07) is 11.8. The molecule has 2 aromatic rings. The largest absolute Gasteiger partial charge is 0.466 e. The van der Waals surface area contributed by atoms with Crippen LogP contribution >= 0.6 is 11.3 Å². The molecule has 1 aromatic carbocycles. The third-order valence-electron chi connectivity index (χ3n) is 4.96. The summed E-state index contributed by atoms with van der Waals surface area (Å²) in [6.45, 7) is 5.05. The van der Waals surface area contributed by atoms with Gasteiger partial charge in [-0.25, -0.2) is 4.79 Å². The van der Waals surface area contributed by atoms with Crippen molar-refractivity contribution in [3.8, 4) is 0 Å². The topological polar surface area (TPSA) is 58.6 Å². The zero-order valence-electron chi connectivity index (χ0n) is 16.6. The van der Waals surface area contributed by atoms with Crippen LogP contribution in [0.15, 0.2) is 36.4 Å². The van der Waals surface area contributed by atoms with Gasteiger partial charge in [-0.3, -0.25) is 4.79 Å². The molecule has 0 bridgehead atoms. The van der Waals surface area contributed by atoms with E-state index in [2.05, 4.69) is 24.4 Å². The number of rotatable bonds is 5. The number of esters is 1. The molecule has 2 heterocycles. The maximum Gasteiger partial charge on any atom is 0.322 e. The van der Waals surface area contributed by atoms with Crippen LogP contribution < -0.4 is 5.32 Å². The maximum atomic E-state index is 13.0. The lowest BCUT2D eigenvalue weighted by molar-refractivity contribution is -0.142. The minimum atomic E-state index is -0.238. The molecule has 1 aromatic heterocycles. The predicted molar refractivity (Wildman–Crippen MR) is 113 cm³/mol. The molecule has 2 amide bonds. The van der Waals surface area contributed by atoms with Gasteiger partial charge in [-0.2, -0.15) is 0 Å². The summed E-state index contributed by atoms with van der Waals surface area (Å²) < 4.78 is 4.97. The minimum absolute atomic E-state index is 0.0592. The number of amides is 2. The maximum absolute atomic E-state index is 13.0. The highest BCUT2D eigenvalue weighted by atomic mass is 32.1. The van der Waals surface area contributed by atoms with E-state index in [9.17, 15) is 9.59 Å². The first-order valence-electron chi connectivity index (χ1n) is 9.95. The summed E-state index contributed by atoms with van der Waals surface area (Å²) in [6.07, 6.45) is 4.59. The number of hydrogen-bond donors (Lipinski definition) is 1. The lowest BCUT2D eigenvalue weighted by Crippen LogP contribution is -2.37. The Morgan fingerprint density at radius 1 is 1.14 bits per heavy atom. The Balaban J connectivity index is 1.67. The lowest BCUT2D eigenvalue weighted by Gasteiger charge is -2.29. The summed E-state index contributed by atoms with van der Waals surface area (Å²) in [5.74, 6) is -0.238. The third kappa shape index (κ3) is 5.35. The number of nitrogens with zero attached hydrogens (tertiary/aromatic N) is 1. The van der Waals surface area contributed by atoms with Crippen molar-refractivity contribution in [2.45, 2.75) is 52.0 Å². The molecule has 1 atom stereocenters. The fourth-order valence-electron chi connectivity index (χ4n) is 3.56. The monoisotopic (exact) mass is 400 g/mol. The summed E-state index contributed by atoms with van der Waals surface area (Å²) >= 11 is 1.78. The van der Waals surface area contributed by atoms with Crippen molar-refractivity contribution in [2.24, 2.45) is 0 Å². The van der Waals surface area contributed by atoms with Gasteiger partial charge in [0.1, 0.15) is 0 Å². The molecule has 0 aliphatic carbocycles. The Kier molecular flexibility index (Phi) is 7.09. The second-order valence-corrected chi connectivity index (χ2v) is 8.44. The number of hydrogen-bond acceptors (Lipinski definition) is 4. The molecule has 1 unspecified atom stereocenters. The molecule has 0 spiro atoms. The van der Waals surface area contributed by atoms with Gasteiger partial charge in [-0.1, -0.05) is 25.0 Å². The second-order valence-electron chi connectivity index (χ2n) is 7.12. The molecular weight excluding hydrogens is 372 g/mol. The highest BCUT2D eigenvalue weighted by Gasteiger charge is 2.27. The zero-order valence-corrected chi connectivity index (χ0v) is 17.4. The van der Waals surface area contributed by atoms with Crippen molar-refractivity contribution in [1.29, 1.82) is 0 Å². The lowest BCUT2D eigenvalue weighted by atomic mass is 10.1. The predicted octanol–water partition coefficient (Wildman–Crippen LogP) is 5.31. The summed E-state index contributed by atoms with van der Waals surface area (Å²) in [5, 5.41) is 3.03. The molecule has 1 N–H and O–H groups in total. The molecular formula is C22H28N2O3S. The first kappa shape index (κ1) is 20.4. The molecule has 150 valence electrons. The van der Waals surface area contributed by atoms with E-state index in [1.165, 1.54) is 9.75 Å². The Bertz CT molecular complexity index is 800. The fourth-order valence-corrected chi connectivity index (χ4v) is 4.58. The van der Waals surface area contributed by atoms with Gasteiger partial charge in [0.15, 0.2) is 0 Å². The SMILES string of the molecule is CCOC(=O)Cc1ccc(NC(=O)N2CCCCCC2c2ccc(C)s2)cc1. The van der Waals surface area contributed by atoms with Crippen LogP contribution in [-0.2, 0) is 16.0 Å².